The molecule has 5 rings (SSSR count). The van der Waals surface area contributed by atoms with E-state index in [0.717, 1.165) is 25.7 Å². The number of aliphatic hydroxyl groups is 2. The lowest BCUT2D eigenvalue weighted by Gasteiger charge is -2.59. The fraction of sp³-hybridized carbons (Fsp3) is 0.800. The average molecular weight is 577 g/mol. The zero-order valence-electron chi connectivity index (χ0n) is 28.2. The van der Waals surface area contributed by atoms with Gasteiger partial charge in [-0.1, -0.05) is 88.1 Å². The summed E-state index contributed by atoms with van der Waals surface area (Å²) in [6.45, 7) is 24.7. The smallest absolute Gasteiger partial charge is 0.0487 e. The predicted molar refractivity (Wildman–Crippen MR) is 178 cm³/mol. The van der Waals surface area contributed by atoms with Crippen molar-refractivity contribution >= 4 is 0 Å². The van der Waals surface area contributed by atoms with E-state index in [9.17, 15) is 10.2 Å². The van der Waals surface area contributed by atoms with Gasteiger partial charge in [-0.2, -0.15) is 0 Å². The van der Waals surface area contributed by atoms with E-state index in [-0.39, 0.29) is 21.7 Å². The molecule has 0 unspecified atom stereocenters. The normalized spacial score (nSPS) is 46.6. The Morgan fingerprint density at radius 2 is 1.36 bits per heavy atom. The van der Waals surface area contributed by atoms with E-state index >= 15 is 0 Å². The molecule has 5 aliphatic rings. The Bertz CT molecular complexity index is 1100. The maximum absolute atomic E-state index is 10.5. The molecule has 0 aromatic heterocycles. The molecule has 42 heavy (non-hydrogen) atoms. The molecule has 0 saturated heterocycles. The van der Waals surface area contributed by atoms with Crippen molar-refractivity contribution in [1.82, 2.24) is 0 Å². The van der Waals surface area contributed by atoms with Crippen LogP contribution in [0.1, 0.15) is 131 Å². The van der Waals surface area contributed by atoms with Crippen molar-refractivity contribution in [3.8, 4) is 0 Å². The molecule has 4 fully saturated rings. The Kier molecular flexibility index (Phi) is 9.22. The van der Waals surface area contributed by atoms with Gasteiger partial charge in [0.2, 0.25) is 0 Å². The standard InChI is InChI=1S/C40H64O2/c1-27-12-9-13-31(32(27)24-34-30(4)16-19-36-38(6,26-42)21-11-23-40(34,36)8)28(2)14-17-33-29(3)15-18-35-37(5,25-41)20-10-22-39(33,35)7/h12,14,31-36,41-42H,3-4,9-11,13,15-26H2,1-2,5-8H3/b28-14+/t31-,32-,33+,34+,35+,36+,37+,38+,39-,40-/m1/s1. The van der Waals surface area contributed by atoms with Crippen LogP contribution in [-0.4, -0.2) is 23.4 Å². The first-order valence-electron chi connectivity index (χ1n) is 17.7. The fourth-order valence-electron chi connectivity index (χ4n) is 12.2. The van der Waals surface area contributed by atoms with Crippen LogP contribution in [0.25, 0.3) is 0 Å². The second-order valence-corrected chi connectivity index (χ2v) is 17.1. The Morgan fingerprint density at radius 1 is 0.833 bits per heavy atom. The van der Waals surface area contributed by atoms with Gasteiger partial charge in [-0.15, -0.1) is 0 Å². The molecule has 0 amide bonds. The highest BCUT2D eigenvalue weighted by atomic mass is 16.3. The third-order valence-corrected chi connectivity index (χ3v) is 14.8. The van der Waals surface area contributed by atoms with Crippen LogP contribution in [0.5, 0.6) is 0 Å². The van der Waals surface area contributed by atoms with Crippen LogP contribution in [0, 0.1) is 57.2 Å². The number of allylic oxidation sites excluding steroid dienone is 6. The quantitative estimate of drug-likeness (QED) is 0.296. The molecule has 10 atom stereocenters. The van der Waals surface area contributed by atoms with Crippen molar-refractivity contribution in [3.05, 3.63) is 47.6 Å². The van der Waals surface area contributed by atoms with Gasteiger partial charge in [0, 0.05) is 13.2 Å². The molecular formula is C40H64O2. The lowest BCUT2D eigenvalue weighted by Crippen LogP contribution is -2.52. The molecule has 0 radical (unpaired) electrons. The molecule has 0 aromatic carbocycles. The summed E-state index contributed by atoms with van der Waals surface area (Å²) in [5, 5.41) is 20.9. The molecule has 236 valence electrons. The van der Waals surface area contributed by atoms with Crippen molar-refractivity contribution in [2.45, 2.75) is 131 Å². The van der Waals surface area contributed by atoms with E-state index in [1.165, 1.54) is 75.4 Å². The highest BCUT2D eigenvalue weighted by Gasteiger charge is 2.56. The van der Waals surface area contributed by atoms with Gasteiger partial charge in [0.1, 0.15) is 0 Å². The minimum absolute atomic E-state index is 0.0558. The van der Waals surface area contributed by atoms with Gasteiger partial charge in [-0.05, 0) is 148 Å². The largest absolute Gasteiger partial charge is 0.396 e. The summed E-state index contributed by atoms with van der Waals surface area (Å²) in [6.07, 6.45) is 21.9. The van der Waals surface area contributed by atoms with Crippen LogP contribution in [0.4, 0.5) is 0 Å². The Hall–Kier alpha value is -1.12. The maximum Gasteiger partial charge on any atom is 0.0487 e. The summed E-state index contributed by atoms with van der Waals surface area (Å²) in [5.74, 6) is 3.43. The highest BCUT2D eigenvalue weighted by molar-refractivity contribution is 5.24. The second kappa shape index (κ2) is 12.0. The third-order valence-electron chi connectivity index (χ3n) is 14.8. The number of aliphatic hydroxyl groups excluding tert-OH is 2. The lowest BCUT2D eigenvalue weighted by atomic mass is 9.46. The predicted octanol–water partition coefficient (Wildman–Crippen LogP) is 10.2. The van der Waals surface area contributed by atoms with E-state index in [4.69, 9.17) is 6.58 Å². The average Bonchev–Trinajstić information content (AvgIpc) is 2.94. The first-order valence-corrected chi connectivity index (χ1v) is 17.7. The molecule has 4 saturated carbocycles. The summed E-state index contributed by atoms with van der Waals surface area (Å²) in [4.78, 5) is 0. The highest BCUT2D eigenvalue weighted by Crippen LogP contribution is 2.64. The lowest BCUT2D eigenvalue weighted by molar-refractivity contribution is -0.0889. The topological polar surface area (TPSA) is 40.5 Å². The van der Waals surface area contributed by atoms with Crippen LogP contribution in [0.15, 0.2) is 47.6 Å². The number of fused-ring (bicyclic) bond motifs is 2. The summed E-state index contributed by atoms with van der Waals surface area (Å²) in [7, 11) is 0. The maximum atomic E-state index is 10.5. The van der Waals surface area contributed by atoms with Crippen molar-refractivity contribution in [3.63, 3.8) is 0 Å². The molecule has 0 spiro atoms. The number of hydrogen-bond donors (Lipinski definition) is 2. The zero-order chi connectivity index (χ0) is 30.5. The van der Waals surface area contributed by atoms with Crippen molar-refractivity contribution in [2.24, 2.45) is 57.2 Å². The van der Waals surface area contributed by atoms with Crippen LogP contribution in [-0.2, 0) is 0 Å². The Morgan fingerprint density at radius 3 is 1.90 bits per heavy atom. The van der Waals surface area contributed by atoms with E-state index < -0.39 is 0 Å². The van der Waals surface area contributed by atoms with E-state index in [2.05, 4.69) is 60.3 Å². The molecule has 0 bridgehead atoms. The van der Waals surface area contributed by atoms with Crippen LogP contribution in [0.3, 0.4) is 0 Å². The third kappa shape index (κ3) is 5.37. The van der Waals surface area contributed by atoms with Crippen molar-refractivity contribution < 1.29 is 10.2 Å². The minimum atomic E-state index is 0.0558. The van der Waals surface area contributed by atoms with Crippen molar-refractivity contribution in [1.29, 1.82) is 0 Å². The second-order valence-electron chi connectivity index (χ2n) is 17.1. The molecule has 2 nitrogen and oxygen atoms in total. The molecule has 2 N–H and O–H groups in total. The molecule has 0 aliphatic heterocycles. The zero-order valence-corrected chi connectivity index (χ0v) is 28.2. The van der Waals surface area contributed by atoms with E-state index in [1.54, 1.807) is 11.1 Å². The first-order chi connectivity index (χ1) is 19.8. The molecule has 5 aliphatic carbocycles. The monoisotopic (exact) mass is 576 g/mol. The molecule has 0 heterocycles. The van der Waals surface area contributed by atoms with Gasteiger partial charge in [-0.3, -0.25) is 0 Å². The Labute approximate surface area is 259 Å². The SMILES string of the molecule is C=C1CC[C@H]2[C@](C)(CO)CCC[C@]2(C)[C@H]1C/C=C(\C)[C@H]1CCC=C(C)[C@H]1C[C@H]1C(=C)CC[C@H]2[C@](C)(CO)CCC[C@]12C. The minimum Gasteiger partial charge on any atom is -0.396 e. The van der Waals surface area contributed by atoms with Gasteiger partial charge in [0.25, 0.3) is 0 Å². The number of rotatable bonds is 7. The Balaban J connectivity index is 1.38. The number of hydrogen-bond acceptors (Lipinski definition) is 2. The summed E-state index contributed by atoms with van der Waals surface area (Å²) in [5.41, 5.74) is 6.73. The molecule has 2 heteroatoms. The van der Waals surface area contributed by atoms with Crippen molar-refractivity contribution in [2.75, 3.05) is 13.2 Å². The summed E-state index contributed by atoms with van der Waals surface area (Å²) in [6, 6.07) is 0. The van der Waals surface area contributed by atoms with Gasteiger partial charge >= 0.3 is 0 Å². The van der Waals surface area contributed by atoms with Gasteiger partial charge in [0.15, 0.2) is 0 Å². The van der Waals surface area contributed by atoms with Crippen LogP contribution in [0.2, 0.25) is 0 Å². The molecule has 0 aromatic rings. The summed E-state index contributed by atoms with van der Waals surface area (Å²) < 4.78 is 0. The van der Waals surface area contributed by atoms with Gasteiger partial charge < -0.3 is 10.2 Å². The van der Waals surface area contributed by atoms with E-state index in [0.29, 0.717) is 48.7 Å². The van der Waals surface area contributed by atoms with Gasteiger partial charge in [-0.25, -0.2) is 0 Å². The summed E-state index contributed by atoms with van der Waals surface area (Å²) >= 11 is 0. The van der Waals surface area contributed by atoms with Crippen LogP contribution < -0.4 is 0 Å². The van der Waals surface area contributed by atoms with Gasteiger partial charge in [0.05, 0.1) is 0 Å². The van der Waals surface area contributed by atoms with Crippen LogP contribution >= 0.6 is 0 Å². The fourth-order valence-corrected chi connectivity index (χ4v) is 12.2. The first kappa shape index (κ1) is 32.3. The van der Waals surface area contributed by atoms with E-state index in [1.807, 2.05) is 0 Å². The molecular weight excluding hydrogens is 512 g/mol.